The third-order valence-corrected chi connectivity index (χ3v) is 10.7. The van der Waals surface area contributed by atoms with Crippen molar-refractivity contribution in [3.63, 3.8) is 0 Å². The van der Waals surface area contributed by atoms with Crippen LogP contribution in [0.5, 0.6) is 5.75 Å². The van der Waals surface area contributed by atoms with Crippen LogP contribution < -0.4 is 0 Å². The molecule has 246 valence electrons. The highest BCUT2D eigenvalue weighted by atomic mass is 32.1. The van der Waals surface area contributed by atoms with E-state index in [1.165, 1.54) is 10.8 Å². The van der Waals surface area contributed by atoms with Gasteiger partial charge in [-0.3, -0.25) is 4.99 Å². The Morgan fingerprint density at radius 3 is 2.31 bits per heavy atom. The van der Waals surface area contributed by atoms with E-state index in [0.29, 0.717) is 5.56 Å². The van der Waals surface area contributed by atoms with Crippen molar-refractivity contribution in [2.24, 2.45) is 4.99 Å². The summed E-state index contributed by atoms with van der Waals surface area (Å²) in [6.45, 7) is 6.49. The molecule has 9 aromatic rings. The summed E-state index contributed by atoms with van der Waals surface area (Å²) in [5.41, 5.74) is 10.4. The number of aromatic hydroxyl groups is 1. The summed E-state index contributed by atoms with van der Waals surface area (Å²) in [4.78, 5) is 10.3. The van der Waals surface area contributed by atoms with Crippen LogP contribution >= 0.6 is 11.3 Å². The molecule has 51 heavy (non-hydrogen) atoms. The van der Waals surface area contributed by atoms with E-state index in [1.54, 1.807) is 23.6 Å². The maximum atomic E-state index is 10.7. The van der Waals surface area contributed by atoms with Crippen LogP contribution in [0.15, 0.2) is 149 Å². The topological polar surface area (TPSA) is 58.6 Å². The quantitative estimate of drug-likeness (QED) is 0.184. The predicted molar refractivity (Wildman–Crippen MR) is 215 cm³/mol. The molecule has 4 nitrogen and oxygen atoms in total. The lowest BCUT2D eigenvalue weighted by Crippen LogP contribution is -2.11. The van der Waals surface area contributed by atoms with Crippen LogP contribution in [-0.2, 0) is 5.41 Å². The first-order valence-electron chi connectivity index (χ1n) is 17.1. The first-order valence-corrected chi connectivity index (χ1v) is 17.9. The van der Waals surface area contributed by atoms with Crippen molar-refractivity contribution in [2.45, 2.75) is 26.2 Å². The predicted octanol–water partition coefficient (Wildman–Crippen LogP) is 13.1. The number of hydrogen-bond donors (Lipinski definition) is 1. The van der Waals surface area contributed by atoms with Gasteiger partial charge in [0.1, 0.15) is 21.9 Å². The number of furan rings is 1. The lowest BCUT2D eigenvalue weighted by molar-refractivity contribution is 0.473. The summed E-state index contributed by atoms with van der Waals surface area (Å²) in [5, 5.41) is 16.2. The van der Waals surface area contributed by atoms with Crippen LogP contribution in [0.1, 0.15) is 31.9 Å². The van der Waals surface area contributed by atoms with E-state index >= 15 is 0 Å². The second-order valence-corrected chi connectivity index (χ2v) is 15.1. The largest absolute Gasteiger partial charge is 0.507 e. The van der Waals surface area contributed by atoms with Crippen LogP contribution in [0.3, 0.4) is 0 Å². The number of benzene rings is 7. The van der Waals surface area contributed by atoms with Crippen molar-refractivity contribution in [1.82, 2.24) is 4.98 Å². The van der Waals surface area contributed by atoms with Gasteiger partial charge in [0, 0.05) is 39.2 Å². The van der Waals surface area contributed by atoms with Crippen LogP contribution in [0.2, 0.25) is 0 Å². The van der Waals surface area contributed by atoms with E-state index in [-0.39, 0.29) is 11.2 Å². The highest BCUT2D eigenvalue weighted by Gasteiger charge is 2.20. The first-order chi connectivity index (χ1) is 24.8. The van der Waals surface area contributed by atoms with Crippen LogP contribution in [-0.4, -0.2) is 16.3 Å². The maximum Gasteiger partial charge on any atom is 0.143 e. The summed E-state index contributed by atoms with van der Waals surface area (Å²) in [5.74, 6) is 0.204. The normalized spacial score (nSPS) is 12.2. The zero-order valence-electron chi connectivity index (χ0n) is 28.5. The van der Waals surface area contributed by atoms with Crippen molar-refractivity contribution in [2.75, 3.05) is 0 Å². The molecule has 0 amide bonds. The number of thiazole rings is 1. The molecule has 0 saturated heterocycles. The van der Waals surface area contributed by atoms with Crippen LogP contribution in [0, 0.1) is 0 Å². The number of rotatable bonds is 5. The number of phenolic OH excluding ortho intramolecular Hbond substituents is 1. The third-order valence-electron chi connectivity index (χ3n) is 9.64. The van der Waals surface area contributed by atoms with Crippen molar-refractivity contribution in [1.29, 1.82) is 0 Å². The van der Waals surface area contributed by atoms with E-state index < -0.39 is 0 Å². The molecule has 2 heterocycles. The second kappa shape index (κ2) is 12.1. The Bertz CT molecular complexity index is 2820. The fourth-order valence-corrected chi connectivity index (χ4v) is 7.94. The molecule has 9 rings (SSSR count). The molecule has 5 heteroatoms. The van der Waals surface area contributed by atoms with Gasteiger partial charge in [0.25, 0.3) is 0 Å². The second-order valence-electron chi connectivity index (χ2n) is 14.0. The third kappa shape index (κ3) is 5.56. The van der Waals surface area contributed by atoms with Crippen LogP contribution in [0.4, 0.5) is 5.69 Å². The smallest absolute Gasteiger partial charge is 0.143 e. The molecule has 0 aliphatic carbocycles. The SMILES string of the molecule is CC(C)(C)c1ccc(O)c(C=Nc2ccccc2-c2nc3c(-c4cccc5c4oc4ccccc45)cc(-c4ccc5ccccc5c4)cc3s2)c1. The standard InChI is InChI=1S/C46H34N2O2S/c1-46(2,3)33-21-22-40(49)32(24-33)27-47-39-17-8-6-14-37(39)45-48-43-38(36-16-10-15-35-34-13-7-9-18-41(34)50-44(35)36)25-31(26-42(43)51-45)30-20-19-28-11-4-5-12-29(28)23-30/h4-27,49H,1-3H3. The van der Waals surface area contributed by atoms with Gasteiger partial charge < -0.3 is 9.52 Å². The highest BCUT2D eigenvalue weighted by Crippen LogP contribution is 2.44. The molecule has 0 bridgehead atoms. The first kappa shape index (κ1) is 31.0. The Hall–Kier alpha value is -6.04. The average molecular weight is 679 g/mol. The Morgan fingerprint density at radius 1 is 0.667 bits per heavy atom. The molecule has 1 N–H and O–H groups in total. The Kier molecular flexibility index (Phi) is 7.34. The molecule has 0 fully saturated rings. The monoisotopic (exact) mass is 678 g/mol. The van der Waals surface area contributed by atoms with Gasteiger partial charge in [-0.05, 0) is 81.4 Å². The molecule has 0 saturated carbocycles. The number of para-hydroxylation sites is 3. The van der Waals surface area contributed by atoms with Crippen molar-refractivity contribution < 1.29 is 9.52 Å². The molecular formula is C46H34N2O2S. The molecule has 7 aromatic carbocycles. The summed E-state index contributed by atoms with van der Waals surface area (Å²) < 4.78 is 7.63. The number of phenols is 1. The summed E-state index contributed by atoms with van der Waals surface area (Å²) in [7, 11) is 0. The highest BCUT2D eigenvalue weighted by molar-refractivity contribution is 7.21. The van der Waals surface area contributed by atoms with Gasteiger partial charge in [-0.15, -0.1) is 11.3 Å². The van der Waals surface area contributed by atoms with E-state index in [1.807, 2.05) is 42.5 Å². The molecule has 0 spiro atoms. The summed E-state index contributed by atoms with van der Waals surface area (Å²) in [6.07, 6.45) is 1.75. The molecule has 0 aliphatic rings. The van der Waals surface area contributed by atoms with E-state index in [9.17, 15) is 5.11 Å². The number of fused-ring (bicyclic) bond motifs is 5. The van der Waals surface area contributed by atoms with E-state index in [2.05, 4.69) is 112 Å². The fourth-order valence-electron chi connectivity index (χ4n) is 6.88. The van der Waals surface area contributed by atoms with Gasteiger partial charge in [-0.2, -0.15) is 0 Å². The lowest BCUT2D eigenvalue weighted by atomic mass is 9.86. The van der Waals surface area contributed by atoms with Crippen molar-refractivity contribution >= 4 is 66.2 Å². The minimum Gasteiger partial charge on any atom is -0.507 e. The molecule has 0 unspecified atom stereocenters. The van der Waals surface area contributed by atoms with Gasteiger partial charge >= 0.3 is 0 Å². The zero-order valence-corrected chi connectivity index (χ0v) is 29.3. The van der Waals surface area contributed by atoms with E-state index in [4.69, 9.17) is 14.4 Å². The minimum atomic E-state index is -0.0503. The van der Waals surface area contributed by atoms with E-state index in [0.717, 1.165) is 76.2 Å². The number of aliphatic imine (C=N–C) groups is 1. The Balaban J connectivity index is 1.23. The summed E-state index contributed by atoms with van der Waals surface area (Å²) in [6, 6.07) is 48.0. The fraction of sp³-hybridized carbons (Fsp3) is 0.0870. The molecule has 2 aromatic heterocycles. The molecule has 0 aliphatic heterocycles. The molecule has 0 radical (unpaired) electrons. The Morgan fingerprint density at radius 2 is 1.43 bits per heavy atom. The maximum absolute atomic E-state index is 10.7. The van der Waals surface area contributed by atoms with Gasteiger partial charge in [-0.25, -0.2) is 4.98 Å². The summed E-state index contributed by atoms with van der Waals surface area (Å²) >= 11 is 1.66. The van der Waals surface area contributed by atoms with Gasteiger partial charge in [0.05, 0.1) is 15.9 Å². The van der Waals surface area contributed by atoms with Gasteiger partial charge in [-0.1, -0.05) is 112 Å². The van der Waals surface area contributed by atoms with Gasteiger partial charge in [0.15, 0.2) is 0 Å². The Labute approximate surface area is 300 Å². The number of aromatic nitrogens is 1. The average Bonchev–Trinajstić information content (AvgIpc) is 3.75. The van der Waals surface area contributed by atoms with Crippen molar-refractivity contribution in [3.05, 3.63) is 151 Å². The minimum absolute atomic E-state index is 0.0503. The zero-order chi connectivity index (χ0) is 34.7. The molecular weight excluding hydrogens is 645 g/mol. The lowest BCUT2D eigenvalue weighted by Gasteiger charge is -2.19. The number of nitrogens with zero attached hydrogens (tertiary/aromatic N) is 2. The van der Waals surface area contributed by atoms with Crippen molar-refractivity contribution in [3.8, 4) is 38.6 Å². The molecule has 0 atom stereocenters. The van der Waals surface area contributed by atoms with Gasteiger partial charge in [0.2, 0.25) is 0 Å². The number of hydrogen-bond acceptors (Lipinski definition) is 5. The van der Waals surface area contributed by atoms with Crippen LogP contribution in [0.25, 0.3) is 75.8 Å².